The van der Waals surface area contributed by atoms with Crippen molar-refractivity contribution in [3.05, 3.63) is 52.0 Å². The maximum Gasteiger partial charge on any atom is 0.222 e. The maximum atomic E-state index is 12.1. The molecular weight excluding hydrogens is 334 g/mol. The molecular formula is C19H25N3O2S. The first-order valence-electron chi connectivity index (χ1n) is 8.74. The number of nitrogens with one attached hydrogen (secondary N) is 1. The van der Waals surface area contributed by atoms with Crippen molar-refractivity contribution in [2.45, 2.75) is 32.4 Å². The molecule has 1 aromatic carbocycles. The molecule has 1 fully saturated rings. The fraction of sp³-hybridized carbons (Fsp3) is 0.474. The number of nitrogens with zero attached hydrogens (tertiary/aromatic N) is 2. The topological polar surface area (TPSA) is 54.5 Å². The lowest BCUT2D eigenvalue weighted by molar-refractivity contribution is -0.126. The molecule has 2 heterocycles. The molecule has 1 N–H and O–H groups in total. The first kappa shape index (κ1) is 18.0. The van der Waals surface area contributed by atoms with Crippen LogP contribution in [0.15, 0.2) is 35.7 Å². The van der Waals surface area contributed by atoms with Crippen LogP contribution in [-0.4, -0.2) is 48.1 Å². The highest BCUT2D eigenvalue weighted by molar-refractivity contribution is 7.09. The van der Waals surface area contributed by atoms with Crippen molar-refractivity contribution in [3.63, 3.8) is 0 Å². The van der Waals surface area contributed by atoms with Gasteiger partial charge in [0.25, 0.3) is 0 Å². The minimum absolute atomic E-state index is 0.0282. The Labute approximate surface area is 153 Å². The first-order valence-corrected chi connectivity index (χ1v) is 9.62. The summed E-state index contributed by atoms with van der Waals surface area (Å²) in [4.78, 5) is 18.9. The van der Waals surface area contributed by atoms with Crippen LogP contribution in [0, 0.1) is 6.92 Å². The lowest BCUT2D eigenvalue weighted by Gasteiger charge is -2.32. The van der Waals surface area contributed by atoms with Gasteiger partial charge < -0.3 is 10.1 Å². The number of morpholine rings is 1. The molecule has 1 amide bonds. The van der Waals surface area contributed by atoms with E-state index >= 15 is 0 Å². The van der Waals surface area contributed by atoms with E-state index in [4.69, 9.17) is 4.74 Å². The van der Waals surface area contributed by atoms with Crippen LogP contribution < -0.4 is 5.32 Å². The van der Waals surface area contributed by atoms with Gasteiger partial charge in [-0.15, -0.1) is 11.3 Å². The summed E-state index contributed by atoms with van der Waals surface area (Å²) in [7, 11) is 0. The number of aromatic nitrogens is 1. The fourth-order valence-corrected chi connectivity index (χ4v) is 3.77. The van der Waals surface area contributed by atoms with Gasteiger partial charge in [-0.1, -0.05) is 30.3 Å². The predicted octanol–water partition coefficient (Wildman–Crippen LogP) is 2.40. The van der Waals surface area contributed by atoms with Gasteiger partial charge in [0, 0.05) is 43.7 Å². The van der Waals surface area contributed by atoms with Crippen molar-refractivity contribution in [1.29, 1.82) is 0 Å². The maximum absolute atomic E-state index is 12.1. The third-order valence-electron chi connectivity index (χ3n) is 4.21. The van der Waals surface area contributed by atoms with Gasteiger partial charge >= 0.3 is 0 Å². The average molecular weight is 359 g/mol. The summed E-state index contributed by atoms with van der Waals surface area (Å²) >= 11 is 1.64. The zero-order valence-electron chi connectivity index (χ0n) is 14.6. The van der Waals surface area contributed by atoms with E-state index in [2.05, 4.69) is 39.5 Å². The highest BCUT2D eigenvalue weighted by Crippen LogP contribution is 2.13. The standard InChI is InChI=1S/C19H25N3O2S/c1-15-14-25-19(21-15)7-8-20-18(23)11-17-13-22(9-10-24-17)12-16-5-3-2-4-6-16/h2-6,14,17H,7-13H2,1H3,(H,20,23)/t17-/m0/s1. The molecule has 134 valence electrons. The second-order valence-corrected chi connectivity index (χ2v) is 7.34. The molecule has 0 spiro atoms. The van der Waals surface area contributed by atoms with Crippen LogP contribution in [0.3, 0.4) is 0 Å². The molecule has 0 saturated carbocycles. The van der Waals surface area contributed by atoms with E-state index in [1.165, 1.54) is 5.56 Å². The van der Waals surface area contributed by atoms with Crippen molar-refractivity contribution in [3.8, 4) is 0 Å². The summed E-state index contributed by atoms with van der Waals surface area (Å²) in [5.41, 5.74) is 2.34. The average Bonchev–Trinajstić information content (AvgIpc) is 3.01. The summed E-state index contributed by atoms with van der Waals surface area (Å²) < 4.78 is 5.77. The number of ether oxygens (including phenoxy) is 1. The summed E-state index contributed by atoms with van der Waals surface area (Å²) in [5.74, 6) is 0.0554. The van der Waals surface area contributed by atoms with Gasteiger partial charge in [0.2, 0.25) is 5.91 Å². The van der Waals surface area contributed by atoms with Gasteiger partial charge in [-0.3, -0.25) is 9.69 Å². The number of carbonyl (C=O) groups excluding carboxylic acids is 1. The monoisotopic (exact) mass is 359 g/mol. The van der Waals surface area contributed by atoms with Crippen LogP contribution >= 0.6 is 11.3 Å². The Hall–Kier alpha value is -1.76. The Bertz CT molecular complexity index is 674. The van der Waals surface area contributed by atoms with Gasteiger partial charge in [-0.05, 0) is 12.5 Å². The van der Waals surface area contributed by atoms with Gasteiger partial charge in [0.05, 0.1) is 24.1 Å². The van der Waals surface area contributed by atoms with Crippen LogP contribution in [0.25, 0.3) is 0 Å². The molecule has 2 aromatic rings. The van der Waals surface area contributed by atoms with Crippen LogP contribution in [-0.2, 0) is 22.5 Å². The highest BCUT2D eigenvalue weighted by atomic mass is 32.1. The molecule has 0 bridgehead atoms. The molecule has 0 unspecified atom stereocenters. The zero-order valence-corrected chi connectivity index (χ0v) is 15.4. The van der Waals surface area contributed by atoms with Crippen LogP contribution in [0.1, 0.15) is 22.7 Å². The Morgan fingerprint density at radius 1 is 1.40 bits per heavy atom. The van der Waals surface area contributed by atoms with Crippen molar-refractivity contribution in [1.82, 2.24) is 15.2 Å². The molecule has 0 radical (unpaired) electrons. The minimum atomic E-state index is -0.0282. The number of thiazole rings is 1. The third-order valence-corrected chi connectivity index (χ3v) is 5.24. The van der Waals surface area contributed by atoms with Gasteiger partial charge in [-0.25, -0.2) is 4.98 Å². The van der Waals surface area contributed by atoms with Crippen molar-refractivity contribution >= 4 is 17.2 Å². The van der Waals surface area contributed by atoms with Crippen LogP contribution in [0.2, 0.25) is 0 Å². The summed E-state index contributed by atoms with van der Waals surface area (Å²) in [6.45, 7) is 5.92. The Morgan fingerprint density at radius 3 is 3.00 bits per heavy atom. The number of benzene rings is 1. The molecule has 3 rings (SSSR count). The second kappa shape index (κ2) is 9.08. The minimum Gasteiger partial charge on any atom is -0.375 e. The van der Waals surface area contributed by atoms with Crippen LogP contribution in [0.4, 0.5) is 0 Å². The number of amides is 1. The summed E-state index contributed by atoms with van der Waals surface area (Å²) in [6, 6.07) is 10.4. The fourth-order valence-electron chi connectivity index (χ4n) is 2.99. The number of carbonyl (C=O) groups is 1. The largest absolute Gasteiger partial charge is 0.375 e. The van der Waals surface area contributed by atoms with E-state index in [0.29, 0.717) is 19.6 Å². The number of hydrogen-bond donors (Lipinski definition) is 1. The van der Waals surface area contributed by atoms with Crippen molar-refractivity contribution in [2.75, 3.05) is 26.2 Å². The molecule has 6 heteroatoms. The van der Waals surface area contributed by atoms with Crippen molar-refractivity contribution < 1.29 is 9.53 Å². The molecule has 5 nitrogen and oxygen atoms in total. The normalized spacial score (nSPS) is 18.2. The van der Waals surface area contributed by atoms with Gasteiger partial charge in [0.1, 0.15) is 0 Å². The molecule has 1 aliphatic rings. The third kappa shape index (κ3) is 5.92. The van der Waals surface area contributed by atoms with E-state index in [-0.39, 0.29) is 12.0 Å². The molecule has 1 aliphatic heterocycles. The van der Waals surface area contributed by atoms with Crippen molar-refractivity contribution in [2.24, 2.45) is 0 Å². The molecule has 0 aliphatic carbocycles. The Balaban J connectivity index is 1.38. The molecule has 1 atom stereocenters. The van der Waals surface area contributed by atoms with E-state index in [1.807, 2.05) is 18.4 Å². The van der Waals surface area contributed by atoms with Crippen LogP contribution in [0.5, 0.6) is 0 Å². The van der Waals surface area contributed by atoms with E-state index in [9.17, 15) is 4.79 Å². The lowest BCUT2D eigenvalue weighted by atomic mass is 10.1. The highest BCUT2D eigenvalue weighted by Gasteiger charge is 2.22. The number of rotatable bonds is 7. The van der Waals surface area contributed by atoms with Gasteiger partial charge in [-0.2, -0.15) is 0 Å². The SMILES string of the molecule is Cc1csc(CCNC(=O)C[C@H]2CN(Cc3ccccc3)CCO2)n1. The summed E-state index contributed by atoms with van der Waals surface area (Å²) in [6.07, 6.45) is 1.18. The lowest BCUT2D eigenvalue weighted by Crippen LogP contribution is -2.44. The first-order chi connectivity index (χ1) is 12.2. The predicted molar refractivity (Wildman–Crippen MR) is 99.6 cm³/mol. The van der Waals surface area contributed by atoms with E-state index < -0.39 is 0 Å². The second-order valence-electron chi connectivity index (χ2n) is 6.40. The molecule has 1 aromatic heterocycles. The van der Waals surface area contributed by atoms with E-state index in [0.717, 1.165) is 36.8 Å². The van der Waals surface area contributed by atoms with E-state index in [1.54, 1.807) is 11.3 Å². The Kier molecular flexibility index (Phi) is 6.55. The Morgan fingerprint density at radius 2 is 2.24 bits per heavy atom. The quantitative estimate of drug-likeness (QED) is 0.825. The van der Waals surface area contributed by atoms with Gasteiger partial charge in [0.15, 0.2) is 0 Å². The smallest absolute Gasteiger partial charge is 0.222 e. The number of aryl methyl sites for hydroxylation is 1. The molecule has 25 heavy (non-hydrogen) atoms. The summed E-state index contributed by atoms with van der Waals surface area (Å²) in [5, 5.41) is 6.09. The zero-order chi connectivity index (χ0) is 17.5. The number of hydrogen-bond acceptors (Lipinski definition) is 5. The molecule has 1 saturated heterocycles.